The fourth-order valence-electron chi connectivity index (χ4n) is 1.92. The van der Waals surface area contributed by atoms with Gasteiger partial charge in [0.2, 0.25) is 0 Å². The molecule has 5 nitrogen and oxygen atoms in total. The largest absolute Gasteiger partial charge is 0.477 e. The number of fused-ring (bicyclic) bond motifs is 1. The fraction of sp³-hybridized carbons (Fsp3) is 0. The smallest absolute Gasteiger partial charge is 0.352 e. The monoisotopic (exact) mass is 273 g/mol. The lowest BCUT2D eigenvalue weighted by Gasteiger charge is -2.04. The zero-order valence-corrected chi connectivity index (χ0v) is 10.4. The van der Waals surface area contributed by atoms with Gasteiger partial charge in [-0.05, 0) is 24.3 Å². The molecule has 0 spiro atoms. The molecular weight excluding hydrogens is 266 g/mol. The maximum Gasteiger partial charge on any atom is 0.352 e. The molecule has 0 saturated carbocycles. The molecule has 0 atom stereocenters. The van der Waals surface area contributed by atoms with Crippen LogP contribution in [0, 0.1) is 0 Å². The SMILES string of the molecule is O=C(O)c1cccc2nnc(-c3cccc(Cl)c3)n12. The van der Waals surface area contributed by atoms with E-state index in [-0.39, 0.29) is 5.69 Å². The summed E-state index contributed by atoms with van der Waals surface area (Å²) in [7, 11) is 0. The summed E-state index contributed by atoms with van der Waals surface area (Å²) in [6.45, 7) is 0. The zero-order valence-electron chi connectivity index (χ0n) is 9.62. The number of carboxylic acid groups (broad SMARTS) is 1. The molecule has 2 aromatic heterocycles. The summed E-state index contributed by atoms with van der Waals surface area (Å²) in [5.41, 5.74) is 1.31. The van der Waals surface area contributed by atoms with Crippen molar-refractivity contribution >= 4 is 23.2 Å². The topological polar surface area (TPSA) is 67.5 Å². The summed E-state index contributed by atoms with van der Waals surface area (Å²) in [6.07, 6.45) is 0. The summed E-state index contributed by atoms with van der Waals surface area (Å²) in [5, 5.41) is 17.8. The molecule has 0 bridgehead atoms. The number of aromatic nitrogens is 3. The molecular formula is C13H8ClN3O2. The zero-order chi connectivity index (χ0) is 13.4. The quantitative estimate of drug-likeness (QED) is 0.779. The van der Waals surface area contributed by atoms with Crippen LogP contribution in [0.3, 0.4) is 0 Å². The minimum Gasteiger partial charge on any atom is -0.477 e. The number of carboxylic acids is 1. The van der Waals surface area contributed by atoms with Crippen molar-refractivity contribution in [1.29, 1.82) is 0 Å². The van der Waals surface area contributed by atoms with E-state index in [9.17, 15) is 9.90 Å². The Labute approximate surface area is 113 Å². The molecule has 3 rings (SSSR count). The average Bonchev–Trinajstić information content (AvgIpc) is 2.82. The van der Waals surface area contributed by atoms with Gasteiger partial charge in [-0.3, -0.25) is 4.40 Å². The third-order valence-corrected chi connectivity index (χ3v) is 2.97. The summed E-state index contributed by atoms with van der Waals surface area (Å²) >= 11 is 5.94. The van der Waals surface area contributed by atoms with Crippen molar-refractivity contribution in [2.75, 3.05) is 0 Å². The Morgan fingerprint density at radius 3 is 2.68 bits per heavy atom. The van der Waals surface area contributed by atoms with Gasteiger partial charge < -0.3 is 5.11 Å². The van der Waals surface area contributed by atoms with Crippen LogP contribution in [0.1, 0.15) is 10.5 Å². The second-order valence-corrected chi connectivity index (χ2v) is 4.38. The van der Waals surface area contributed by atoms with Crippen molar-refractivity contribution in [3.05, 3.63) is 53.2 Å². The van der Waals surface area contributed by atoms with Crippen molar-refractivity contribution in [3.63, 3.8) is 0 Å². The van der Waals surface area contributed by atoms with E-state index in [2.05, 4.69) is 10.2 Å². The highest BCUT2D eigenvalue weighted by atomic mass is 35.5. The Bertz CT molecular complexity index is 782. The van der Waals surface area contributed by atoms with Gasteiger partial charge in [0.25, 0.3) is 0 Å². The second-order valence-electron chi connectivity index (χ2n) is 3.94. The van der Waals surface area contributed by atoms with Gasteiger partial charge >= 0.3 is 5.97 Å². The number of halogens is 1. The number of rotatable bonds is 2. The van der Waals surface area contributed by atoms with Gasteiger partial charge in [0.1, 0.15) is 5.69 Å². The molecule has 0 aliphatic rings. The number of hydrogen-bond donors (Lipinski definition) is 1. The molecule has 0 unspecified atom stereocenters. The molecule has 0 saturated heterocycles. The van der Waals surface area contributed by atoms with E-state index in [1.165, 1.54) is 10.5 Å². The van der Waals surface area contributed by atoms with Crippen LogP contribution in [0.5, 0.6) is 0 Å². The summed E-state index contributed by atoms with van der Waals surface area (Å²) in [6, 6.07) is 11.9. The van der Waals surface area contributed by atoms with Gasteiger partial charge in [-0.15, -0.1) is 10.2 Å². The number of carbonyl (C=O) groups is 1. The van der Waals surface area contributed by atoms with Crippen molar-refractivity contribution in [1.82, 2.24) is 14.6 Å². The van der Waals surface area contributed by atoms with Crippen LogP contribution in [0.25, 0.3) is 17.0 Å². The Hall–Kier alpha value is -2.40. The molecule has 0 fully saturated rings. The van der Waals surface area contributed by atoms with E-state index in [1.807, 2.05) is 0 Å². The highest BCUT2D eigenvalue weighted by Crippen LogP contribution is 2.22. The number of hydrogen-bond acceptors (Lipinski definition) is 3. The summed E-state index contributed by atoms with van der Waals surface area (Å²) in [4.78, 5) is 11.3. The highest BCUT2D eigenvalue weighted by molar-refractivity contribution is 6.30. The number of benzene rings is 1. The fourth-order valence-corrected chi connectivity index (χ4v) is 2.11. The van der Waals surface area contributed by atoms with Crippen LogP contribution < -0.4 is 0 Å². The third kappa shape index (κ3) is 1.94. The molecule has 0 radical (unpaired) electrons. The Morgan fingerprint density at radius 1 is 1.16 bits per heavy atom. The summed E-state index contributed by atoms with van der Waals surface area (Å²) < 4.78 is 1.49. The van der Waals surface area contributed by atoms with Crippen molar-refractivity contribution in [3.8, 4) is 11.4 Å². The van der Waals surface area contributed by atoms with Crippen LogP contribution in [-0.4, -0.2) is 25.7 Å². The van der Waals surface area contributed by atoms with Crippen LogP contribution in [0.4, 0.5) is 0 Å². The van der Waals surface area contributed by atoms with Crippen molar-refractivity contribution in [2.24, 2.45) is 0 Å². The molecule has 3 aromatic rings. The number of aromatic carboxylic acids is 1. The molecule has 1 N–H and O–H groups in total. The Balaban J connectivity index is 2.33. The minimum absolute atomic E-state index is 0.109. The van der Waals surface area contributed by atoms with Gasteiger partial charge in [-0.25, -0.2) is 4.79 Å². The average molecular weight is 274 g/mol. The Kier molecular flexibility index (Phi) is 2.68. The minimum atomic E-state index is -1.03. The molecule has 0 aliphatic heterocycles. The van der Waals surface area contributed by atoms with Crippen LogP contribution >= 0.6 is 11.6 Å². The lowest BCUT2D eigenvalue weighted by atomic mass is 10.2. The van der Waals surface area contributed by atoms with Gasteiger partial charge in [0.05, 0.1) is 0 Å². The molecule has 6 heteroatoms. The molecule has 94 valence electrons. The van der Waals surface area contributed by atoms with Crippen molar-refractivity contribution in [2.45, 2.75) is 0 Å². The van der Waals surface area contributed by atoms with Crippen LogP contribution in [0.15, 0.2) is 42.5 Å². The normalized spacial score (nSPS) is 10.8. The number of nitrogens with zero attached hydrogens (tertiary/aromatic N) is 3. The van der Waals surface area contributed by atoms with Crippen LogP contribution in [-0.2, 0) is 0 Å². The predicted molar refractivity (Wildman–Crippen MR) is 70.4 cm³/mol. The van der Waals surface area contributed by atoms with Crippen LogP contribution in [0.2, 0.25) is 5.02 Å². The maximum absolute atomic E-state index is 11.3. The van der Waals surface area contributed by atoms with E-state index in [0.29, 0.717) is 22.1 Å². The standard InChI is InChI=1S/C13H8ClN3O2/c14-9-4-1-3-8(7-9)12-16-15-11-6-2-5-10(13(18)19)17(11)12/h1-7H,(H,18,19). The van der Waals surface area contributed by atoms with E-state index in [1.54, 1.807) is 36.4 Å². The first-order chi connectivity index (χ1) is 9.16. The first kappa shape index (κ1) is 11.7. The van der Waals surface area contributed by atoms with Gasteiger partial charge in [-0.1, -0.05) is 29.8 Å². The molecule has 1 aromatic carbocycles. The lowest BCUT2D eigenvalue weighted by molar-refractivity contribution is 0.0689. The van der Waals surface area contributed by atoms with E-state index >= 15 is 0 Å². The van der Waals surface area contributed by atoms with Crippen molar-refractivity contribution < 1.29 is 9.90 Å². The molecule has 2 heterocycles. The first-order valence-corrected chi connectivity index (χ1v) is 5.88. The Morgan fingerprint density at radius 2 is 1.95 bits per heavy atom. The molecule has 0 aliphatic carbocycles. The number of pyridine rings is 1. The lowest BCUT2D eigenvalue weighted by Crippen LogP contribution is -2.05. The van der Waals surface area contributed by atoms with Gasteiger partial charge in [-0.2, -0.15) is 0 Å². The van der Waals surface area contributed by atoms with E-state index < -0.39 is 5.97 Å². The van der Waals surface area contributed by atoms with Gasteiger partial charge in [0.15, 0.2) is 11.5 Å². The molecule has 0 amide bonds. The van der Waals surface area contributed by atoms with E-state index in [0.717, 1.165) is 0 Å². The highest BCUT2D eigenvalue weighted by Gasteiger charge is 2.15. The second kappa shape index (κ2) is 4.37. The van der Waals surface area contributed by atoms with Gasteiger partial charge in [0, 0.05) is 10.6 Å². The molecule has 19 heavy (non-hydrogen) atoms. The predicted octanol–water partition coefficient (Wildman–Crippen LogP) is 2.75. The third-order valence-electron chi connectivity index (χ3n) is 2.73. The first-order valence-electron chi connectivity index (χ1n) is 5.50. The maximum atomic E-state index is 11.3. The summed E-state index contributed by atoms with van der Waals surface area (Å²) in [5.74, 6) is -0.579. The van der Waals surface area contributed by atoms with E-state index in [4.69, 9.17) is 11.6 Å².